The molecule has 0 aliphatic carbocycles. The first-order chi connectivity index (χ1) is 8.99. The molecule has 19 heavy (non-hydrogen) atoms. The van der Waals surface area contributed by atoms with Crippen LogP contribution in [-0.2, 0) is 13.0 Å². The van der Waals surface area contributed by atoms with Gasteiger partial charge in [0, 0.05) is 19.0 Å². The lowest BCUT2D eigenvalue weighted by atomic mass is 10.00. The van der Waals surface area contributed by atoms with Gasteiger partial charge in [0.2, 0.25) is 0 Å². The molecule has 1 aromatic heterocycles. The maximum atomic E-state index is 4.58. The molecule has 0 aliphatic heterocycles. The van der Waals surface area contributed by atoms with E-state index in [1.165, 1.54) is 23.0 Å². The van der Waals surface area contributed by atoms with Crippen molar-refractivity contribution in [2.45, 2.75) is 66.5 Å². The fraction of sp³-hybridized carbons (Fsp3) is 0.800. The van der Waals surface area contributed by atoms with Crippen molar-refractivity contribution in [3.8, 4) is 0 Å². The molecule has 0 fully saturated rings. The molecule has 1 aromatic rings. The van der Waals surface area contributed by atoms with Gasteiger partial charge in [-0.1, -0.05) is 20.8 Å². The van der Waals surface area contributed by atoms with Crippen LogP contribution in [0.1, 0.15) is 51.9 Å². The van der Waals surface area contributed by atoms with Crippen molar-refractivity contribution < 1.29 is 0 Å². The molecular weight excluding hydrogens is 302 g/mol. The Morgan fingerprint density at radius 3 is 2.47 bits per heavy atom. The van der Waals surface area contributed by atoms with Crippen molar-refractivity contribution >= 4 is 15.9 Å². The summed E-state index contributed by atoms with van der Waals surface area (Å²) in [6.45, 7) is 12.9. The average Bonchev–Trinajstić information content (AvgIpc) is 2.63. The van der Waals surface area contributed by atoms with Crippen molar-refractivity contribution in [3.63, 3.8) is 0 Å². The van der Waals surface area contributed by atoms with Crippen molar-refractivity contribution in [2.75, 3.05) is 6.54 Å². The van der Waals surface area contributed by atoms with Crippen molar-refractivity contribution in [1.82, 2.24) is 15.1 Å². The summed E-state index contributed by atoms with van der Waals surface area (Å²) in [6, 6.07) is 0.546. The van der Waals surface area contributed by atoms with Crippen LogP contribution in [0.3, 0.4) is 0 Å². The summed E-state index contributed by atoms with van der Waals surface area (Å²) in [4.78, 5) is 0. The van der Waals surface area contributed by atoms with E-state index in [0.717, 1.165) is 31.1 Å². The average molecular weight is 330 g/mol. The van der Waals surface area contributed by atoms with E-state index in [1.54, 1.807) is 0 Å². The molecule has 4 heteroatoms. The van der Waals surface area contributed by atoms with Crippen LogP contribution in [0.15, 0.2) is 4.47 Å². The molecule has 1 N–H and O–H groups in total. The fourth-order valence-corrected chi connectivity index (χ4v) is 2.84. The number of nitrogens with one attached hydrogen (secondary N) is 1. The number of aromatic nitrogens is 2. The fourth-order valence-electron chi connectivity index (χ4n) is 2.40. The first kappa shape index (κ1) is 16.7. The Labute approximate surface area is 126 Å². The zero-order chi connectivity index (χ0) is 14.4. The minimum Gasteiger partial charge on any atom is -0.314 e. The summed E-state index contributed by atoms with van der Waals surface area (Å²) in [5.41, 5.74) is 2.42. The molecule has 110 valence electrons. The Morgan fingerprint density at radius 1 is 1.26 bits per heavy atom. The standard InChI is InChI=1S/C15H28BrN3/c1-6-17-13(9-8-11(3)4)10-14-15(16)12(5)18-19(14)7-2/h11,13,17H,6-10H2,1-5H3. The molecule has 0 bridgehead atoms. The Kier molecular flexibility index (Phi) is 7.08. The quantitative estimate of drug-likeness (QED) is 0.783. The lowest BCUT2D eigenvalue weighted by molar-refractivity contribution is 0.424. The molecule has 0 saturated heterocycles. The van der Waals surface area contributed by atoms with Crippen molar-refractivity contribution in [3.05, 3.63) is 15.9 Å². The number of rotatable bonds is 8. The Balaban J connectivity index is 2.77. The van der Waals surface area contributed by atoms with Gasteiger partial charge in [0.1, 0.15) is 0 Å². The van der Waals surface area contributed by atoms with Gasteiger partial charge in [0.15, 0.2) is 0 Å². The van der Waals surface area contributed by atoms with E-state index in [4.69, 9.17) is 0 Å². The first-order valence-corrected chi connectivity index (χ1v) is 8.23. The van der Waals surface area contributed by atoms with Crippen LogP contribution in [0.2, 0.25) is 0 Å². The zero-order valence-electron chi connectivity index (χ0n) is 13.0. The minimum atomic E-state index is 0.546. The molecule has 1 atom stereocenters. The normalized spacial score (nSPS) is 13.2. The summed E-state index contributed by atoms with van der Waals surface area (Å²) in [6.07, 6.45) is 3.55. The van der Waals surface area contributed by atoms with E-state index in [-0.39, 0.29) is 0 Å². The third-order valence-electron chi connectivity index (χ3n) is 3.48. The van der Waals surface area contributed by atoms with Crippen LogP contribution in [0.5, 0.6) is 0 Å². The van der Waals surface area contributed by atoms with Crippen LogP contribution < -0.4 is 5.32 Å². The highest BCUT2D eigenvalue weighted by Crippen LogP contribution is 2.23. The Bertz CT molecular complexity index is 385. The number of likely N-dealkylation sites (N-methyl/N-ethyl adjacent to an activating group) is 1. The predicted octanol–water partition coefficient (Wildman–Crippen LogP) is 3.93. The third kappa shape index (κ3) is 4.92. The van der Waals surface area contributed by atoms with E-state index in [1.807, 2.05) is 0 Å². The number of hydrogen-bond donors (Lipinski definition) is 1. The maximum absolute atomic E-state index is 4.58. The maximum Gasteiger partial charge on any atom is 0.0738 e. The van der Waals surface area contributed by atoms with E-state index in [9.17, 15) is 0 Å². The molecule has 0 saturated carbocycles. The molecule has 1 heterocycles. The highest BCUT2D eigenvalue weighted by molar-refractivity contribution is 9.10. The second kappa shape index (κ2) is 8.05. The van der Waals surface area contributed by atoms with E-state index in [2.05, 4.69) is 65.6 Å². The molecule has 0 aliphatic rings. The van der Waals surface area contributed by atoms with E-state index in [0.29, 0.717) is 6.04 Å². The number of aryl methyl sites for hydroxylation is 2. The largest absolute Gasteiger partial charge is 0.314 e. The summed E-state index contributed by atoms with van der Waals surface area (Å²) >= 11 is 3.69. The molecule has 3 nitrogen and oxygen atoms in total. The second-order valence-corrected chi connectivity index (χ2v) is 6.38. The summed E-state index contributed by atoms with van der Waals surface area (Å²) < 4.78 is 3.31. The first-order valence-electron chi connectivity index (χ1n) is 7.44. The van der Waals surface area contributed by atoms with Crippen LogP contribution >= 0.6 is 15.9 Å². The molecular formula is C15H28BrN3. The number of halogens is 1. The minimum absolute atomic E-state index is 0.546. The lowest BCUT2D eigenvalue weighted by Crippen LogP contribution is -2.32. The topological polar surface area (TPSA) is 29.9 Å². The van der Waals surface area contributed by atoms with Crippen LogP contribution in [0, 0.1) is 12.8 Å². The van der Waals surface area contributed by atoms with Crippen LogP contribution in [0.25, 0.3) is 0 Å². The van der Waals surface area contributed by atoms with E-state index >= 15 is 0 Å². The van der Waals surface area contributed by atoms with Gasteiger partial charge in [-0.15, -0.1) is 0 Å². The Morgan fingerprint density at radius 2 is 1.95 bits per heavy atom. The SMILES string of the molecule is CCNC(CCC(C)C)Cc1c(Br)c(C)nn1CC. The molecule has 1 rings (SSSR count). The van der Waals surface area contributed by atoms with Gasteiger partial charge in [-0.2, -0.15) is 5.10 Å². The van der Waals surface area contributed by atoms with Crippen LogP contribution in [0.4, 0.5) is 0 Å². The van der Waals surface area contributed by atoms with Crippen molar-refractivity contribution in [1.29, 1.82) is 0 Å². The summed E-state index contributed by atoms with van der Waals surface area (Å²) in [7, 11) is 0. The summed E-state index contributed by atoms with van der Waals surface area (Å²) in [5.74, 6) is 0.766. The van der Waals surface area contributed by atoms with Gasteiger partial charge in [-0.3, -0.25) is 4.68 Å². The molecule has 0 amide bonds. The van der Waals surface area contributed by atoms with Crippen molar-refractivity contribution in [2.24, 2.45) is 5.92 Å². The molecule has 0 radical (unpaired) electrons. The van der Waals surface area contributed by atoms with Crippen LogP contribution in [-0.4, -0.2) is 22.4 Å². The van der Waals surface area contributed by atoms with Gasteiger partial charge in [-0.05, 0) is 55.1 Å². The smallest absolute Gasteiger partial charge is 0.0738 e. The summed E-state index contributed by atoms with van der Waals surface area (Å²) in [5, 5.41) is 8.19. The number of nitrogens with zero attached hydrogens (tertiary/aromatic N) is 2. The van der Waals surface area contributed by atoms with Gasteiger partial charge in [-0.25, -0.2) is 0 Å². The number of hydrogen-bond acceptors (Lipinski definition) is 2. The Hall–Kier alpha value is -0.350. The van der Waals surface area contributed by atoms with Gasteiger partial charge in [0.25, 0.3) is 0 Å². The van der Waals surface area contributed by atoms with Gasteiger partial charge in [0.05, 0.1) is 15.9 Å². The predicted molar refractivity (Wildman–Crippen MR) is 85.6 cm³/mol. The molecule has 0 aromatic carbocycles. The van der Waals surface area contributed by atoms with E-state index < -0.39 is 0 Å². The highest BCUT2D eigenvalue weighted by Gasteiger charge is 2.17. The highest BCUT2D eigenvalue weighted by atomic mass is 79.9. The molecule has 1 unspecified atom stereocenters. The monoisotopic (exact) mass is 329 g/mol. The van der Waals surface area contributed by atoms with Gasteiger partial charge < -0.3 is 5.32 Å². The second-order valence-electron chi connectivity index (χ2n) is 5.59. The van der Waals surface area contributed by atoms with Gasteiger partial charge >= 0.3 is 0 Å². The molecule has 0 spiro atoms. The third-order valence-corrected chi connectivity index (χ3v) is 4.51. The zero-order valence-corrected chi connectivity index (χ0v) is 14.5. The lowest BCUT2D eigenvalue weighted by Gasteiger charge is -2.19.